The molecular weight excluding hydrogens is 286 g/mol. The molecule has 5 heteroatoms. The predicted octanol–water partition coefficient (Wildman–Crippen LogP) is 2.34. The van der Waals surface area contributed by atoms with Gasteiger partial charge in [0.05, 0.1) is 13.5 Å². The number of aryl methyl sites for hydroxylation is 1. The topological polar surface area (TPSA) is 55.4 Å². The minimum atomic E-state index is -0.350. The van der Waals surface area contributed by atoms with Crippen molar-refractivity contribution < 1.29 is 14.3 Å². The van der Waals surface area contributed by atoms with Crippen molar-refractivity contribution in [2.24, 2.45) is 0 Å². The molecule has 1 aliphatic rings. The van der Waals surface area contributed by atoms with Gasteiger partial charge in [-0.25, -0.2) is 0 Å². The Bertz CT molecular complexity index is 516. The summed E-state index contributed by atoms with van der Waals surface area (Å²) in [5.41, 5.74) is 2.69. The van der Waals surface area contributed by atoms with Crippen LogP contribution in [0.2, 0.25) is 0 Å². The number of ether oxygens (including phenoxy) is 1. The first kappa shape index (κ1) is 15.9. The summed E-state index contributed by atoms with van der Waals surface area (Å²) in [6.07, 6.45) is 3.54. The number of benzene rings is 1. The van der Waals surface area contributed by atoms with Gasteiger partial charge in [-0.2, -0.15) is 0 Å². The SMILES string of the molecule is COC(=O)CCC(=O)NCCc1ccc2c(c1)CCCS2. The van der Waals surface area contributed by atoms with Crippen molar-refractivity contribution in [3.63, 3.8) is 0 Å². The third-order valence-corrected chi connectivity index (χ3v) is 4.69. The summed E-state index contributed by atoms with van der Waals surface area (Å²) in [4.78, 5) is 23.9. The van der Waals surface area contributed by atoms with E-state index in [2.05, 4.69) is 28.3 Å². The van der Waals surface area contributed by atoms with Crippen LogP contribution < -0.4 is 5.32 Å². The standard InChI is InChI=1S/C16H21NO3S/c1-20-16(19)7-6-15(18)17-9-8-12-4-5-14-13(11-12)3-2-10-21-14/h4-5,11H,2-3,6-10H2,1H3,(H,17,18). The molecule has 4 nitrogen and oxygen atoms in total. The minimum Gasteiger partial charge on any atom is -0.469 e. The number of hydrogen-bond acceptors (Lipinski definition) is 4. The largest absolute Gasteiger partial charge is 0.469 e. The highest BCUT2D eigenvalue weighted by Gasteiger charge is 2.10. The number of hydrogen-bond donors (Lipinski definition) is 1. The molecule has 0 aromatic heterocycles. The van der Waals surface area contributed by atoms with Crippen LogP contribution >= 0.6 is 11.8 Å². The molecule has 1 amide bonds. The average molecular weight is 307 g/mol. The molecule has 1 heterocycles. The van der Waals surface area contributed by atoms with Crippen LogP contribution in [0.3, 0.4) is 0 Å². The molecule has 1 aromatic carbocycles. The van der Waals surface area contributed by atoms with Gasteiger partial charge in [-0.15, -0.1) is 11.8 Å². The molecule has 2 rings (SSSR count). The fourth-order valence-corrected chi connectivity index (χ4v) is 3.34. The number of carbonyl (C=O) groups is 2. The molecule has 0 unspecified atom stereocenters. The van der Waals surface area contributed by atoms with Crippen molar-refractivity contribution >= 4 is 23.6 Å². The van der Waals surface area contributed by atoms with Gasteiger partial charge < -0.3 is 10.1 Å². The average Bonchev–Trinajstić information content (AvgIpc) is 2.52. The van der Waals surface area contributed by atoms with Crippen LogP contribution in [0.1, 0.15) is 30.4 Å². The Balaban J connectivity index is 1.73. The van der Waals surface area contributed by atoms with Gasteiger partial charge in [0.1, 0.15) is 0 Å². The van der Waals surface area contributed by atoms with Crippen molar-refractivity contribution in [3.05, 3.63) is 29.3 Å². The number of thioether (sulfide) groups is 1. The van der Waals surface area contributed by atoms with Crippen LogP contribution in [0.5, 0.6) is 0 Å². The number of esters is 1. The van der Waals surface area contributed by atoms with Gasteiger partial charge in [0, 0.05) is 17.9 Å². The molecule has 1 aromatic rings. The highest BCUT2D eigenvalue weighted by molar-refractivity contribution is 7.99. The number of fused-ring (bicyclic) bond motifs is 1. The van der Waals surface area contributed by atoms with E-state index in [0.29, 0.717) is 6.54 Å². The monoisotopic (exact) mass is 307 g/mol. The maximum absolute atomic E-state index is 11.6. The zero-order valence-electron chi connectivity index (χ0n) is 12.3. The fourth-order valence-electron chi connectivity index (χ4n) is 2.32. The Morgan fingerprint density at radius 2 is 2.19 bits per heavy atom. The fraction of sp³-hybridized carbons (Fsp3) is 0.500. The highest BCUT2D eigenvalue weighted by atomic mass is 32.2. The third-order valence-electron chi connectivity index (χ3n) is 3.49. The summed E-state index contributed by atoms with van der Waals surface area (Å²) in [5, 5.41) is 2.84. The molecule has 0 radical (unpaired) electrons. The summed E-state index contributed by atoms with van der Waals surface area (Å²) in [6, 6.07) is 6.58. The summed E-state index contributed by atoms with van der Waals surface area (Å²) >= 11 is 1.92. The van der Waals surface area contributed by atoms with E-state index in [9.17, 15) is 9.59 Å². The van der Waals surface area contributed by atoms with Crippen molar-refractivity contribution in [3.8, 4) is 0 Å². The second-order valence-electron chi connectivity index (χ2n) is 5.07. The summed E-state index contributed by atoms with van der Waals surface area (Å²) in [7, 11) is 1.33. The van der Waals surface area contributed by atoms with E-state index in [1.54, 1.807) is 0 Å². The molecular formula is C16H21NO3S. The molecule has 0 atom stereocenters. The molecule has 1 N–H and O–H groups in total. The number of carbonyl (C=O) groups excluding carboxylic acids is 2. The highest BCUT2D eigenvalue weighted by Crippen LogP contribution is 2.30. The molecule has 0 saturated heterocycles. The molecule has 0 fully saturated rings. The first-order valence-corrected chi connectivity index (χ1v) is 8.25. The number of nitrogens with one attached hydrogen (secondary N) is 1. The Kier molecular flexibility index (Phi) is 6.11. The van der Waals surface area contributed by atoms with Crippen LogP contribution in [-0.2, 0) is 27.2 Å². The van der Waals surface area contributed by atoms with E-state index in [1.807, 2.05) is 11.8 Å². The van der Waals surface area contributed by atoms with Gasteiger partial charge in [0.15, 0.2) is 0 Å². The van der Waals surface area contributed by atoms with Crippen molar-refractivity contribution in [1.82, 2.24) is 5.32 Å². The van der Waals surface area contributed by atoms with E-state index in [0.717, 1.165) is 12.8 Å². The Morgan fingerprint density at radius 3 is 3.00 bits per heavy atom. The predicted molar refractivity (Wildman–Crippen MR) is 83.5 cm³/mol. The van der Waals surface area contributed by atoms with E-state index >= 15 is 0 Å². The summed E-state index contributed by atoms with van der Waals surface area (Å²) in [6.45, 7) is 0.603. The van der Waals surface area contributed by atoms with E-state index < -0.39 is 0 Å². The maximum Gasteiger partial charge on any atom is 0.306 e. The lowest BCUT2D eigenvalue weighted by Crippen LogP contribution is -2.26. The molecule has 0 saturated carbocycles. The van der Waals surface area contributed by atoms with Crippen molar-refractivity contribution in [1.29, 1.82) is 0 Å². The lowest BCUT2D eigenvalue weighted by Gasteiger charge is -2.16. The zero-order chi connectivity index (χ0) is 15.1. The van der Waals surface area contributed by atoms with Crippen LogP contribution in [-0.4, -0.2) is 31.3 Å². The second-order valence-corrected chi connectivity index (χ2v) is 6.21. The van der Waals surface area contributed by atoms with Gasteiger partial charge in [0.25, 0.3) is 0 Å². The lowest BCUT2D eigenvalue weighted by atomic mass is 10.0. The van der Waals surface area contributed by atoms with Crippen molar-refractivity contribution in [2.45, 2.75) is 37.0 Å². The summed E-state index contributed by atoms with van der Waals surface area (Å²) < 4.78 is 4.51. The number of methoxy groups -OCH3 is 1. The Labute approximate surface area is 129 Å². The third kappa shape index (κ3) is 5.08. The Hall–Kier alpha value is -1.49. The first-order chi connectivity index (χ1) is 10.2. The zero-order valence-corrected chi connectivity index (χ0v) is 13.1. The van der Waals surface area contributed by atoms with Gasteiger partial charge in [-0.3, -0.25) is 9.59 Å². The molecule has 0 spiro atoms. The van der Waals surface area contributed by atoms with Crippen molar-refractivity contribution in [2.75, 3.05) is 19.4 Å². The van der Waals surface area contributed by atoms with Gasteiger partial charge in [-0.05, 0) is 42.2 Å². The summed E-state index contributed by atoms with van der Waals surface area (Å²) in [5.74, 6) is 0.758. The van der Waals surface area contributed by atoms with Gasteiger partial charge in [0.2, 0.25) is 5.91 Å². The quantitative estimate of drug-likeness (QED) is 0.820. The van der Waals surface area contributed by atoms with E-state index in [-0.39, 0.29) is 24.7 Å². The molecule has 1 aliphatic heterocycles. The van der Waals surface area contributed by atoms with E-state index in [1.165, 1.54) is 35.3 Å². The van der Waals surface area contributed by atoms with Crippen LogP contribution in [0.15, 0.2) is 23.1 Å². The number of amides is 1. The van der Waals surface area contributed by atoms with Crippen LogP contribution in [0, 0.1) is 0 Å². The molecule has 114 valence electrons. The Morgan fingerprint density at radius 1 is 1.33 bits per heavy atom. The van der Waals surface area contributed by atoms with Gasteiger partial charge >= 0.3 is 5.97 Å². The molecule has 21 heavy (non-hydrogen) atoms. The molecule has 0 bridgehead atoms. The normalized spacial score (nSPS) is 13.4. The van der Waals surface area contributed by atoms with Gasteiger partial charge in [-0.1, -0.05) is 12.1 Å². The smallest absolute Gasteiger partial charge is 0.306 e. The maximum atomic E-state index is 11.6. The number of rotatable bonds is 6. The molecule has 0 aliphatic carbocycles. The van der Waals surface area contributed by atoms with Crippen LogP contribution in [0.4, 0.5) is 0 Å². The first-order valence-electron chi connectivity index (χ1n) is 7.27. The second kappa shape index (κ2) is 8.08. The van der Waals surface area contributed by atoms with Crippen LogP contribution in [0.25, 0.3) is 0 Å². The lowest BCUT2D eigenvalue weighted by molar-refractivity contribution is -0.142. The minimum absolute atomic E-state index is 0.103. The van der Waals surface area contributed by atoms with E-state index in [4.69, 9.17) is 0 Å².